The molecular weight excluding hydrogens is 470 g/mol. The number of benzene rings is 2. The molecule has 0 spiro atoms. The van der Waals surface area contributed by atoms with Crippen molar-refractivity contribution in [3.05, 3.63) is 65.5 Å². The molecule has 35 heavy (non-hydrogen) atoms. The van der Waals surface area contributed by atoms with E-state index < -0.39 is 54.4 Å². The van der Waals surface area contributed by atoms with Gasteiger partial charge >= 0.3 is 6.18 Å². The van der Waals surface area contributed by atoms with Crippen LogP contribution in [0.5, 0.6) is 0 Å². The molecule has 0 saturated carbocycles. The molecule has 4 atom stereocenters. The van der Waals surface area contributed by atoms with Crippen molar-refractivity contribution in [2.45, 2.75) is 30.5 Å². The molecular formula is C24H27F4N3O4. The Morgan fingerprint density at radius 2 is 1.77 bits per heavy atom. The van der Waals surface area contributed by atoms with Gasteiger partial charge in [-0.1, -0.05) is 12.1 Å². The molecule has 0 aromatic heterocycles. The molecule has 2 fully saturated rings. The van der Waals surface area contributed by atoms with E-state index in [4.69, 9.17) is 4.74 Å². The number of hydrogen-bond donors (Lipinski definition) is 3. The van der Waals surface area contributed by atoms with Crippen molar-refractivity contribution >= 4 is 11.6 Å². The van der Waals surface area contributed by atoms with Crippen molar-refractivity contribution in [1.82, 2.24) is 10.2 Å². The van der Waals surface area contributed by atoms with Gasteiger partial charge in [0.25, 0.3) is 5.91 Å². The maximum Gasteiger partial charge on any atom is 0.416 e. The molecule has 2 saturated heterocycles. The van der Waals surface area contributed by atoms with Gasteiger partial charge in [-0.3, -0.25) is 9.69 Å². The predicted molar refractivity (Wildman–Crippen MR) is 120 cm³/mol. The molecule has 2 heterocycles. The Kier molecular flexibility index (Phi) is 7.60. The molecule has 7 nitrogen and oxygen atoms in total. The number of carbonyl (C=O) groups excluding carboxylic acids is 1. The number of hydrogen-bond acceptors (Lipinski definition) is 6. The van der Waals surface area contributed by atoms with Crippen LogP contribution in [0.3, 0.4) is 0 Å². The Labute approximate surface area is 199 Å². The monoisotopic (exact) mass is 497 g/mol. The first-order valence-electron chi connectivity index (χ1n) is 11.3. The zero-order valence-electron chi connectivity index (χ0n) is 18.8. The largest absolute Gasteiger partial charge is 0.416 e. The van der Waals surface area contributed by atoms with Crippen molar-refractivity contribution in [1.29, 1.82) is 0 Å². The van der Waals surface area contributed by atoms with E-state index in [0.717, 1.165) is 18.2 Å². The zero-order chi connectivity index (χ0) is 25.2. The summed E-state index contributed by atoms with van der Waals surface area (Å²) in [5.74, 6) is -1.04. The van der Waals surface area contributed by atoms with E-state index in [0.29, 0.717) is 31.9 Å². The average Bonchev–Trinajstić information content (AvgIpc) is 3.17. The van der Waals surface area contributed by atoms with E-state index in [-0.39, 0.29) is 12.1 Å². The fourth-order valence-corrected chi connectivity index (χ4v) is 4.68. The number of amides is 1. The lowest BCUT2D eigenvalue weighted by Gasteiger charge is -2.41. The minimum atomic E-state index is -4.42. The van der Waals surface area contributed by atoms with Gasteiger partial charge in [0.05, 0.1) is 24.3 Å². The van der Waals surface area contributed by atoms with Gasteiger partial charge in [-0.2, -0.15) is 13.2 Å². The van der Waals surface area contributed by atoms with Crippen LogP contribution >= 0.6 is 0 Å². The van der Waals surface area contributed by atoms with Crippen LogP contribution in [0.15, 0.2) is 48.5 Å². The lowest BCUT2D eigenvalue weighted by Crippen LogP contribution is -2.57. The first-order valence-corrected chi connectivity index (χ1v) is 11.3. The van der Waals surface area contributed by atoms with Crippen molar-refractivity contribution in [3.8, 4) is 0 Å². The standard InChI is InChI=1S/C24H27F4N3O4/c25-17-5-1-3-15(11-17)23(34)29-13-19-21(22(33)20(14-32)35-19)31-9-7-30(8-10-31)18-6-2-4-16(12-18)24(26,27)28/h1-6,11-12,19-22,32-33H,7-10,13-14H2,(H,29,34)/t19-,20-,21-,22+/m0/s1. The van der Waals surface area contributed by atoms with Gasteiger partial charge < -0.3 is 25.2 Å². The molecule has 0 unspecified atom stereocenters. The molecule has 1 amide bonds. The molecule has 2 aliphatic rings. The number of aliphatic hydroxyl groups is 2. The summed E-state index contributed by atoms with van der Waals surface area (Å²) in [4.78, 5) is 16.2. The molecule has 2 aromatic carbocycles. The SMILES string of the molecule is O=C(NC[C@@H]1O[C@@H](CO)[C@@H](O)[C@H]1N1CCN(c2cccc(C(F)(F)F)c2)CC1)c1cccc(F)c1. The Morgan fingerprint density at radius 1 is 1.06 bits per heavy atom. The van der Waals surface area contributed by atoms with Gasteiger partial charge in [0.2, 0.25) is 0 Å². The van der Waals surface area contributed by atoms with Gasteiger partial charge in [-0.05, 0) is 36.4 Å². The third-order valence-electron chi connectivity index (χ3n) is 6.47. The first kappa shape index (κ1) is 25.4. The second kappa shape index (κ2) is 10.5. The smallest absolute Gasteiger partial charge is 0.394 e. The van der Waals surface area contributed by atoms with Crippen LogP contribution in [0.25, 0.3) is 0 Å². The summed E-state index contributed by atoms with van der Waals surface area (Å²) in [6, 6.07) is 9.86. The van der Waals surface area contributed by atoms with E-state index in [1.54, 1.807) is 6.07 Å². The molecule has 190 valence electrons. The Bertz CT molecular complexity index is 1030. The van der Waals surface area contributed by atoms with Crippen LogP contribution in [-0.4, -0.2) is 84.7 Å². The molecule has 11 heteroatoms. The van der Waals surface area contributed by atoms with E-state index >= 15 is 0 Å². The Balaban J connectivity index is 1.40. The number of halogens is 4. The molecule has 4 rings (SSSR count). The fraction of sp³-hybridized carbons (Fsp3) is 0.458. The second-order valence-corrected chi connectivity index (χ2v) is 8.67. The lowest BCUT2D eigenvalue weighted by molar-refractivity contribution is -0.137. The van der Waals surface area contributed by atoms with Crippen molar-refractivity contribution < 1.29 is 37.3 Å². The van der Waals surface area contributed by atoms with Crippen molar-refractivity contribution in [2.24, 2.45) is 0 Å². The second-order valence-electron chi connectivity index (χ2n) is 8.67. The number of ether oxygens (including phenoxy) is 1. The normalized spacial score (nSPS) is 25.6. The summed E-state index contributed by atoms with van der Waals surface area (Å²) in [6.07, 6.45) is -6.92. The molecule has 2 aromatic rings. The first-order chi connectivity index (χ1) is 16.7. The third kappa shape index (κ3) is 5.75. The van der Waals surface area contributed by atoms with Crippen LogP contribution < -0.4 is 10.2 Å². The average molecular weight is 497 g/mol. The summed E-state index contributed by atoms with van der Waals surface area (Å²) in [5.41, 5.74) is -0.0970. The highest BCUT2D eigenvalue weighted by molar-refractivity contribution is 5.94. The zero-order valence-corrected chi connectivity index (χ0v) is 18.8. The van der Waals surface area contributed by atoms with Crippen molar-refractivity contribution in [3.63, 3.8) is 0 Å². The molecule has 0 aliphatic carbocycles. The van der Waals surface area contributed by atoms with Gasteiger partial charge in [0.1, 0.15) is 18.0 Å². The van der Waals surface area contributed by atoms with Crippen LogP contribution in [0, 0.1) is 5.82 Å². The van der Waals surface area contributed by atoms with Crippen LogP contribution in [0.1, 0.15) is 15.9 Å². The number of aliphatic hydroxyl groups excluding tert-OH is 2. The van der Waals surface area contributed by atoms with Gasteiger partial charge in [-0.25, -0.2) is 4.39 Å². The van der Waals surface area contributed by atoms with Crippen molar-refractivity contribution in [2.75, 3.05) is 44.2 Å². The highest BCUT2D eigenvalue weighted by Gasteiger charge is 2.46. The molecule has 3 N–H and O–H groups in total. The maximum absolute atomic E-state index is 13.4. The summed E-state index contributed by atoms with van der Waals surface area (Å²) < 4.78 is 58.5. The minimum Gasteiger partial charge on any atom is -0.394 e. The summed E-state index contributed by atoms with van der Waals surface area (Å²) in [6.45, 7) is 1.35. The number of piperazine rings is 1. The number of anilines is 1. The van der Waals surface area contributed by atoms with Crippen LogP contribution in [0.2, 0.25) is 0 Å². The van der Waals surface area contributed by atoms with E-state index in [1.165, 1.54) is 24.3 Å². The summed E-state index contributed by atoms with van der Waals surface area (Å²) in [5, 5.41) is 23.1. The van der Waals surface area contributed by atoms with Gasteiger partial charge in [0, 0.05) is 44.0 Å². The minimum absolute atomic E-state index is 0.0292. The maximum atomic E-state index is 13.4. The Morgan fingerprint density at radius 3 is 2.43 bits per heavy atom. The predicted octanol–water partition coefficient (Wildman–Crippen LogP) is 1.89. The Hall–Kier alpha value is -2.73. The van der Waals surface area contributed by atoms with Crippen LogP contribution in [-0.2, 0) is 10.9 Å². The van der Waals surface area contributed by atoms with E-state index in [1.807, 2.05) is 9.80 Å². The quantitative estimate of drug-likeness (QED) is 0.529. The lowest BCUT2D eigenvalue weighted by atomic mass is 10.0. The third-order valence-corrected chi connectivity index (χ3v) is 6.47. The van der Waals surface area contributed by atoms with E-state index in [9.17, 15) is 32.6 Å². The van der Waals surface area contributed by atoms with Gasteiger partial charge in [0.15, 0.2) is 0 Å². The topological polar surface area (TPSA) is 85.3 Å². The number of carbonyl (C=O) groups is 1. The number of alkyl halides is 3. The molecule has 0 radical (unpaired) electrons. The van der Waals surface area contributed by atoms with E-state index in [2.05, 4.69) is 5.32 Å². The number of nitrogens with one attached hydrogen (secondary N) is 1. The van der Waals surface area contributed by atoms with Gasteiger partial charge in [-0.15, -0.1) is 0 Å². The molecule has 2 aliphatic heterocycles. The number of nitrogens with zero attached hydrogens (tertiary/aromatic N) is 2. The fourth-order valence-electron chi connectivity index (χ4n) is 4.68. The van der Waals surface area contributed by atoms with Crippen LogP contribution in [0.4, 0.5) is 23.2 Å². The summed E-state index contributed by atoms with van der Waals surface area (Å²) >= 11 is 0. The highest BCUT2D eigenvalue weighted by atomic mass is 19.4. The highest BCUT2D eigenvalue weighted by Crippen LogP contribution is 2.32. The molecule has 0 bridgehead atoms. The summed E-state index contributed by atoms with van der Waals surface area (Å²) in [7, 11) is 0. The number of rotatable bonds is 6.